The number of anilines is 1. The van der Waals surface area contributed by atoms with Crippen molar-refractivity contribution in [2.75, 3.05) is 11.9 Å². The first-order valence-corrected chi connectivity index (χ1v) is 5.99. The Kier molecular flexibility index (Phi) is 3.73. The van der Waals surface area contributed by atoms with Gasteiger partial charge in [-0.2, -0.15) is 0 Å². The molecule has 0 aliphatic carbocycles. The number of carbonyl (C=O) groups excluding carboxylic acids is 2. The fourth-order valence-electron chi connectivity index (χ4n) is 1.23. The Morgan fingerprint density at radius 1 is 1.50 bits per heavy atom. The molecular weight excluding hydrogens is 254 g/mol. The first-order valence-electron chi connectivity index (χ1n) is 5.18. The molecule has 0 atom stereocenters. The largest absolute Gasteiger partial charge is 0.472 e. The Bertz CT molecular complexity index is 548. The number of carbonyl (C=O) groups is 2. The zero-order valence-electron chi connectivity index (χ0n) is 9.60. The average Bonchev–Trinajstić information content (AvgIpc) is 2.97. The summed E-state index contributed by atoms with van der Waals surface area (Å²) < 4.78 is 4.77. The van der Waals surface area contributed by atoms with Gasteiger partial charge < -0.3 is 15.1 Å². The topological polar surface area (TPSA) is 84.2 Å². The lowest BCUT2D eigenvalue weighted by molar-refractivity contribution is -0.115. The minimum atomic E-state index is -0.353. The molecule has 0 radical (unpaired) electrons. The first kappa shape index (κ1) is 12.3. The standard InChI is InChI=1S/C11H11N3O3S/c1-7-4-13-11(18-7)14-9(15)5-12-10(16)8-2-3-17-6-8/h2-4,6H,5H2,1H3,(H,12,16)(H,13,14,15). The molecule has 0 bridgehead atoms. The van der Waals surface area contributed by atoms with Crippen LogP contribution in [0.1, 0.15) is 15.2 Å². The highest BCUT2D eigenvalue weighted by atomic mass is 32.1. The monoisotopic (exact) mass is 265 g/mol. The van der Waals surface area contributed by atoms with Crippen molar-refractivity contribution in [3.63, 3.8) is 0 Å². The highest BCUT2D eigenvalue weighted by Gasteiger charge is 2.10. The molecule has 2 heterocycles. The molecule has 6 nitrogen and oxygen atoms in total. The number of nitrogens with zero attached hydrogens (tertiary/aromatic N) is 1. The van der Waals surface area contributed by atoms with E-state index in [2.05, 4.69) is 15.6 Å². The molecule has 0 unspecified atom stereocenters. The zero-order valence-corrected chi connectivity index (χ0v) is 10.4. The minimum absolute atomic E-state index is 0.108. The summed E-state index contributed by atoms with van der Waals surface area (Å²) in [6.45, 7) is 1.79. The van der Waals surface area contributed by atoms with Crippen LogP contribution in [0.5, 0.6) is 0 Å². The van der Waals surface area contributed by atoms with Crippen LogP contribution in [-0.4, -0.2) is 23.3 Å². The van der Waals surface area contributed by atoms with Gasteiger partial charge in [0.25, 0.3) is 5.91 Å². The molecule has 0 aliphatic rings. The molecule has 2 N–H and O–H groups in total. The summed E-state index contributed by atoms with van der Waals surface area (Å²) in [7, 11) is 0. The van der Waals surface area contributed by atoms with Crippen LogP contribution in [0.4, 0.5) is 5.13 Å². The van der Waals surface area contributed by atoms with Gasteiger partial charge in [0.1, 0.15) is 6.26 Å². The molecule has 2 aromatic heterocycles. The number of nitrogens with one attached hydrogen (secondary N) is 2. The predicted molar refractivity (Wildman–Crippen MR) is 66.5 cm³/mol. The van der Waals surface area contributed by atoms with Gasteiger partial charge in [-0.05, 0) is 13.0 Å². The summed E-state index contributed by atoms with van der Waals surface area (Å²) in [5.74, 6) is -0.671. The van der Waals surface area contributed by atoms with Crippen molar-refractivity contribution in [3.8, 4) is 0 Å². The summed E-state index contributed by atoms with van der Waals surface area (Å²) in [6.07, 6.45) is 4.38. The Morgan fingerprint density at radius 2 is 2.33 bits per heavy atom. The van der Waals surface area contributed by atoms with E-state index in [0.29, 0.717) is 10.7 Å². The lowest BCUT2D eigenvalue weighted by Crippen LogP contribution is -2.32. The molecule has 2 aromatic rings. The fourth-order valence-corrected chi connectivity index (χ4v) is 1.91. The van der Waals surface area contributed by atoms with Crippen LogP contribution < -0.4 is 10.6 Å². The van der Waals surface area contributed by atoms with E-state index in [-0.39, 0.29) is 18.4 Å². The van der Waals surface area contributed by atoms with Gasteiger partial charge in [-0.15, -0.1) is 11.3 Å². The van der Waals surface area contributed by atoms with E-state index in [1.165, 1.54) is 29.9 Å². The molecule has 0 fully saturated rings. The normalized spacial score (nSPS) is 10.1. The maximum absolute atomic E-state index is 11.5. The lowest BCUT2D eigenvalue weighted by atomic mass is 10.3. The fraction of sp³-hybridized carbons (Fsp3) is 0.182. The Labute approximate surface area is 107 Å². The van der Waals surface area contributed by atoms with Crippen molar-refractivity contribution in [1.29, 1.82) is 0 Å². The summed E-state index contributed by atoms with van der Waals surface area (Å²) in [4.78, 5) is 28.0. The summed E-state index contributed by atoms with van der Waals surface area (Å²) in [6, 6.07) is 1.53. The van der Waals surface area contributed by atoms with Gasteiger partial charge in [0.2, 0.25) is 5.91 Å². The van der Waals surface area contributed by atoms with E-state index < -0.39 is 0 Å². The van der Waals surface area contributed by atoms with Gasteiger partial charge in [0, 0.05) is 11.1 Å². The molecule has 0 aliphatic heterocycles. The van der Waals surface area contributed by atoms with E-state index in [1.807, 2.05) is 6.92 Å². The molecule has 0 spiro atoms. The van der Waals surface area contributed by atoms with Crippen LogP contribution in [0.15, 0.2) is 29.2 Å². The summed E-state index contributed by atoms with van der Waals surface area (Å²) in [5.41, 5.74) is 0.382. The molecule has 18 heavy (non-hydrogen) atoms. The van der Waals surface area contributed by atoms with Crippen LogP contribution in [0.3, 0.4) is 0 Å². The summed E-state index contributed by atoms with van der Waals surface area (Å²) in [5, 5.41) is 5.59. The zero-order chi connectivity index (χ0) is 13.0. The second-order valence-corrected chi connectivity index (χ2v) is 4.75. The highest BCUT2D eigenvalue weighted by Crippen LogP contribution is 2.15. The van der Waals surface area contributed by atoms with Crippen molar-refractivity contribution in [2.45, 2.75) is 6.92 Å². The number of hydrogen-bond donors (Lipinski definition) is 2. The Morgan fingerprint density at radius 3 is 2.94 bits per heavy atom. The number of aryl methyl sites for hydroxylation is 1. The SMILES string of the molecule is Cc1cnc(NC(=O)CNC(=O)c2ccoc2)s1. The molecule has 0 aromatic carbocycles. The van der Waals surface area contributed by atoms with Gasteiger partial charge in [-0.1, -0.05) is 0 Å². The third-order valence-corrected chi connectivity index (χ3v) is 2.89. The van der Waals surface area contributed by atoms with E-state index in [4.69, 9.17) is 4.42 Å². The average molecular weight is 265 g/mol. The van der Waals surface area contributed by atoms with Crippen molar-refractivity contribution in [2.24, 2.45) is 0 Å². The van der Waals surface area contributed by atoms with Crippen molar-refractivity contribution in [3.05, 3.63) is 35.2 Å². The smallest absolute Gasteiger partial charge is 0.254 e. The Hall–Kier alpha value is -2.15. The minimum Gasteiger partial charge on any atom is -0.472 e. The maximum atomic E-state index is 11.5. The maximum Gasteiger partial charge on any atom is 0.254 e. The van der Waals surface area contributed by atoms with Crippen LogP contribution in [0, 0.1) is 6.92 Å². The highest BCUT2D eigenvalue weighted by molar-refractivity contribution is 7.15. The Balaban J connectivity index is 1.80. The number of thiazole rings is 1. The van der Waals surface area contributed by atoms with E-state index in [0.717, 1.165) is 4.88 Å². The molecular formula is C11H11N3O3S. The van der Waals surface area contributed by atoms with Crippen LogP contribution in [0.25, 0.3) is 0 Å². The number of rotatable bonds is 4. The van der Waals surface area contributed by atoms with Crippen molar-refractivity contribution in [1.82, 2.24) is 10.3 Å². The molecule has 2 amide bonds. The number of aromatic nitrogens is 1. The molecule has 94 valence electrons. The lowest BCUT2D eigenvalue weighted by Gasteiger charge is -2.03. The second-order valence-electron chi connectivity index (χ2n) is 3.52. The van der Waals surface area contributed by atoms with Crippen LogP contribution in [-0.2, 0) is 4.79 Å². The number of furan rings is 1. The number of hydrogen-bond acceptors (Lipinski definition) is 5. The molecule has 0 saturated heterocycles. The van der Waals surface area contributed by atoms with E-state index in [1.54, 1.807) is 6.20 Å². The van der Waals surface area contributed by atoms with Gasteiger partial charge in [0.05, 0.1) is 18.4 Å². The second kappa shape index (κ2) is 5.46. The van der Waals surface area contributed by atoms with Gasteiger partial charge in [0.15, 0.2) is 5.13 Å². The third-order valence-electron chi connectivity index (χ3n) is 2.06. The third kappa shape index (κ3) is 3.17. The number of amides is 2. The molecule has 7 heteroatoms. The van der Waals surface area contributed by atoms with Crippen molar-refractivity contribution < 1.29 is 14.0 Å². The van der Waals surface area contributed by atoms with E-state index in [9.17, 15) is 9.59 Å². The van der Waals surface area contributed by atoms with Gasteiger partial charge >= 0.3 is 0 Å². The molecule has 0 saturated carbocycles. The van der Waals surface area contributed by atoms with E-state index >= 15 is 0 Å². The summed E-state index contributed by atoms with van der Waals surface area (Å²) >= 11 is 1.38. The quantitative estimate of drug-likeness (QED) is 0.875. The van der Waals surface area contributed by atoms with Gasteiger partial charge in [-0.25, -0.2) is 4.98 Å². The van der Waals surface area contributed by atoms with Crippen LogP contribution in [0.2, 0.25) is 0 Å². The first-order chi connectivity index (χ1) is 8.65. The van der Waals surface area contributed by atoms with Crippen LogP contribution >= 0.6 is 11.3 Å². The predicted octanol–water partition coefficient (Wildman–Crippen LogP) is 1.41. The van der Waals surface area contributed by atoms with Crippen molar-refractivity contribution >= 4 is 28.3 Å². The van der Waals surface area contributed by atoms with Gasteiger partial charge in [-0.3, -0.25) is 9.59 Å². The molecule has 2 rings (SSSR count).